The lowest BCUT2D eigenvalue weighted by Crippen LogP contribution is -2.23. The van der Waals surface area contributed by atoms with Gasteiger partial charge in [-0.05, 0) is 6.42 Å². The molecule has 0 N–H and O–H groups in total. The molecule has 0 radical (unpaired) electrons. The van der Waals surface area contributed by atoms with Crippen LogP contribution in [-0.4, -0.2) is 22.8 Å². The Morgan fingerprint density at radius 2 is 2.58 bits per heavy atom. The molecule has 0 saturated carbocycles. The number of hydrogen-bond acceptors (Lipinski definition) is 3. The Balaban J connectivity index is 2.32. The molecule has 4 heteroatoms. The maximum absolute atomic E-state index is 11.3. The second-order valence-electron chi connectivity index (χ2n) is 2.84. The molecule has 1 aliphatic heterocycles. The molecule has 1 aliphatic rings. The summed E-state index contributed by atoms with van der Waals surface area (Å²) >= 11 is 0. The van der Waals surface area contributed by atoms with Crippen molar-refractivity contribution in [2.24, 2.45) is 0 Å². The van der Waals surface area contributed by atoms with Gasteiger partial charge in [-0.3, -0.25) is 9.36 Å². The largest absolute Gasteiger partial charge is 0.379 e. The molecule has 0 aromatic carbocycles. The Hall–Kier alpha value is -1.16. The van der Waals surface area contributed by atoms with Crippen LogP contribution in [0.5, 0.6) is 0 Å². The van der Waals surface area contributed by atoms with Crippen molar-refractivity contribution >= 4 is 0 Å². The Morgan fingerprint density at radius 3 is 3.25 bits per heavy atom. The summed E-state index contributed by atoms with van der Waals surface area (Å²) in [7, 11) is 0. The SMILES string of the molecule is O=c1ccncn1C1CCOC1. The van der Waals surface area contributed by atoms with Crippen molar-refractivity contribution in [3.8, 4) is 0 Å². The Labute approximate surface area is 69.8 Å². The lowest BCUT2D eigenvalue weighted by Gasteiger charge is -2.09. The topological polar surface area (TPSA) is 44.1 Å². The van der Waals surface area contributed by atoms with E-state index in [2.05, 4.69) is 4.98 Å². The van der Waals surface area contributed by atoms with Gasteiger partial charge in [0.2, 0.25) is 0 Å². The highest BCUT2D eigenvalue weighted by Gasteiger charge is 2.17. The lowest BCUT2D eigenvalue weighted by atomic mass is 10.2. The maximum atomic E-state index is 11.3. The van der Waals surface area contributed by atoms with Crippen molar-refractivity contribution in [3.05, 3.63) is 28.9 Å². The summed E-state index contributed by atoms with van der Waals surface area (Å²) < 4.78 is 6.81. The van der Waals surface area contributed by atoms with Gasteiger partial charge in [-0.1, -0.05) is 0 Å². The van der Waals surface area contributed by atoms with Crippen LogP contribution in [0, 0.1) is 0 Å². The first-order valence-electron chi connectivity index (χ1n) is 3.98. The fourth-order valence-electron chi connectivity index (χ4n) is 1.38. The summed E-state index contributed by atoms with van der Waals surface area (Å²) in [6.45, 7) is 1.37. The van der Waals surface area contributed by atoms with Crippen LogP contribution in [0.1, 0.15) is 12.5 Å². The van der Waals surface area contributed by atoms with Crippen LogP contribution in [0.3, 0.4) is 0 Å². The number of hydrogen-bond donors (Lipinski definition) is 0. The number of nitrogens with zero attached hydrogens (tertiary/aromatic N) is 2. The molecule has 1 atom stereocenters. The highest BCUT2D eigenvalue weighted by atomic mass is 16.5. The van der Waals surface area contributed by atoms with E-state index in [0.29, 0.717) is 6.61 Å². The van der Waals surface area contributed by atoms with Gasteiger partial charge in [0, 0.05) is 18.9 Å². The predicted octanol–water partition coefficient (Wildman–Crippen LogP) is 0.205. The molecule has 0 aliphatic carbocycles. The van der Waals surface area contributed by atoms with E-state index >= 15 is 0 Å². The normalized spacial score (nSPS) is 22.8. The molecule has 1 saturated heterocycles. The zero-order chi connectivity index (χ0) is 8.39. The molecule has 64 valence electrons. The molecule has 2 heterocycles. The summed E-state index contributed by atoms with van der Waals surface area (Å²) in [4.78, 5) is 15.2. The lowest BCUT2D eigenvalue weighted by molar-refractivity contribution is 0.186. The van der Waals surface area contributed by atoms with Crippen molar-refractivity contribution in [2.45, 2.75) is 12.5 Å². The number of ether oxygens (including phenoxy) is 1. The van der Waals surface area contributed by atoms with E-state index in [9.17, 15) is 4.79 Å². The third kappa shape index (κ3) is 1.25. The fraction of sp³-hybridized carbons (Fsp3) is 0.500. The predicted molar refractivity (Wildman–Crippen MR) is 43.0 cm³/mol. The third-order valence-corrected chi connectivity index (χ3v) is 2.05. The number of rotatable bonds is 1. The van der Waals surface area contributed by atoms with Gasteiger partial charge in [0.15, 0.2) is 0 Å². The molecular weight excluding hydrogens is 156 g/mol. The molecule has 1 aromatic heterocycles. The fourth-order valence-corrected chi connectivity index (χ4v) is 1.38. The summed E-state index contributed by atoms with van der Waals surface area (Å²) in [6, 6.07) is 1.66. The van der Waals surface area contributed by atoms with E-state index < -0.39 is 0 Å². The minimum Gasteiger partial charge on any atom is -0.379 e. The van der Waals surface area contributed by atoms with E-state index in [4.69, 9.17) is 4.74 Å². The quantitative estimate of drug-likeness (QED) is 0.598. The van der Waals surface area contributed by atoms with Crippen molar-refractivity contribution in [1.29, 1.82) is 0 Å². The Bertz CT molecular complexity index is 315. The summed E-state index contributed by atoms with van der Waals surface area (Å²) in [5, 5.41) is 0. The van der Waals surface area contributed by atoms with Crippen LogP contribution in [0.4, 0.5) is 0 Å². The van der Waals surface area contributed by atoms with E-state index in [-0.39, 0.29) is 11.6 Å². The van der Waals surface area contributed by atoms with Gasteiger partial charge in [0.05, 0.1) is 19.0 Å². The van der Waals surface area contributed by atoms with Crippen molar-refractivity contribution in [3.63, 3.8) is 0 Å². The van der Waals surface area contributed by atoms with E-state index in [1.165, 1.54) is 12.3 Å². The van der Waals surface area contributed by atoms with Crippen molar-refractivity contribution in [2.75, 3.05) is 13.2 Å². The molecule has 1 unspecified atom stereocenters. The van der Waals surface area contributed by atoms with E-state index in [1.807, 2.05) is 0 Å². The molecule has 0 bridgehead atoms. The molecule has 1 fully saturated rings. The van der Waals surface area contributed by atoms with Gasteiger partial charge in [0.1, 0.15) is 0 Å². The van der Waals surface area contributed by atoms with Crippen LogP contribution in [0.2, 0.25) is 0 Å². The highest BCUT2D eigenvalue weighted by Crippen LogP contribution is 2.15. The van der Waals surface area contributed by atoms with Gasteiger partial charge >= 0.3 is 0 Å². The third-order valence-electron chi connectivity index (χ3n) is 2.05. The first-order chi connectivity index (χ1) is 5.88. The monoisotopic (exact) mass is 166 g/mol. The maximum Gasteiger partial charge on any atom is 0.253 e. The van der Waals surface area contributed by atoms with Crippen LogP contribution in [0.15, 0.2) is 23.4 Å². The Kier molecular flexibility index (Phi) is 1.91. The summed E-state index contributed by atoms with van der Waals surface area (Å²) in [6.07, 6.45) is 3.99. The van der Waals surface area contributed by atoms with Gasteiger partial charge in [-0.2, -0.15) is 0 Å². The second-order valence-corrected chi connectivity index (χ2v) is 2.84. The van der Waals surface area contributed by atoms with E-state index in [0.717, 1.165) is 13.0 Å². The molecular formula is C8H10N2O2. The second kappa shape index (κ2) is 3.06. The summed E-state index contributed by atoms with van der Waals surface area (Å²) in [5.74, 6) is 0. The van der Waals surface area contributed by atoms with Crippen LogP contribution < -0.4 is 5.56 Å². The number of aromatic nitrogens is 2. The average molecular weight is 166 g/mol. The molecule has 2 rings (SSSR count). The smallest absolute Gasteiger partial charge is 0.253 e. The summed E-state index contributed by atoms with van der Waals surface area (Å²) in [5.41, 5.74) is 0.000463. The van der Waals surface area contributed by atoms with E-state index in [1.54, 1.807) is 10.9 Å². The minimum atomic E-state index is 0.000463. The average Bonchev–Trinajstić information content (AvgIpc) is 2.57. The zero-order valence-electron chi connectivity index (χ0n) is 6.64. The minimum absolute atomic E-state index is 0.000463. The van der Waals surface area contributed by atoms with Crippen LogP contribution in [-0.2, 0) is 4.74 Å². The van der Waals surface area contributed by atoms with Gasteiger partial charge in [-0.25, -0.2) is 4.98 Å². The van der Waals surface area contributed by atoms with Gasteiger partial charge < -0.3 is 4.74 Å². The standard InChI is InChI=1S/C8H10N2O2/c11-8-1-3-9-6-10(8)7-2-4-12-5-7/h1,3,6-7H,2,4-5H2. The molecule has 12 heavy (non-hydrogen) atoms. The van der Waals surface area contributed by atoms with Crippen molar-refractivity contribution in [1.82, 2.24) is 9.55 Å². The molecule has 4 nitrogen and oxygen atoms in total. The van der Waals surface area contributed by atoms with Crippen LogP contribution >= 0.6 is 0 Å². The Morgan fingerprint density at radius 1 is 1.67 bits per heavy atom. The van der Waals surface area contributed by atoms with Crippen molar-refractivity contribution < 1.29 is 4.74 Å². The first-order valence-corrected chi connectivity index (χ1v) is 3.98. The van der Waals surface area contributed by atoms with Gasteiger partial charge in [-0.15, -0.1) is 0 Å². The molecule has 0 spiro atoms. The molecule has 0 amide bonds. The van der Waals surface area contributed by atoms with Gasteiger partial charge in [0.25, 0.3) is 5.56 Å². The zero-order valence-corrected chi connectivity index (χ0v) is 6.64. The highest BCUT2D eigenvalue weighted by molar-refractivity contribution is 4.86. The van der Waals surface area contributed by atoms with Crippen LogP contribution in [0.25, 0.3) is 0 Å². The first kappa shape index (κ1) is 7.49. The molecule has 1 aromatic rings.